The van der Waals surface area contributed by atoms with E-state index in [-0.39, 0.29) is 18.3 Å². The van der Waals surface area contributed by atoms with Crippen LogP contribution in [0.5, 0.6) is 0 Å². The lowest BCUT2D eigenvalue weighted by Crippen LogP contribution is -2.23. The molecule has 3 heteroatoms. The van der Waals surface area contributed by atoms with Gasteiger partial charge in [-0.05, 0) is 30.0 Å². The Balaban J connectivity index is 1.78. The van der Waals surface area contributed by atoms with E-state index < -0.39 is 0 Å². The van der Waals surface area contributed by atoms with Gasteiger partial charge < -0.3 is 5.32 Å². The highest BCUT2D eigenvalue weighted by Gasteiger charge is 2.05. The fourth-order valence-corrected chi connectivity index (χ4v) is 2.12. The molecule has 0 atom stereocenters. The van der Waals surface area contributed by atoms with E-state index in [0.717, 1.165) is 12.0 Å². The molecule has 0 saturated carbocycles. The molecule has 0 aliphatic heterocycles. The highest BCUT2D eigenvalue weighted by molar-refractivity contribution is 5.76. The maximum absolute atomic E-state index is 13.4. The second-order valence-electron chi connectivity index (χ2n) is 5.04. The summed E-state index contributed by atoms with van der Waals surface area (Å²) in [4.78, 5) is 11.8. The lowest BCUT2D eigenvalue weighted by atomic mass is 10.1. The average molecular weight is 285 g/mol. The number of amides is 1. The molecule has 1 amide bonds. The van der Waals surface area contributed by atoms with Gasteiger partial charge in [0.1, 0.15) is 5.82 Å². The van der Waals surface area contributed by atoms with E-state index in [9.17, 15) is 9.18 Å². The SMILES string of the molecule is CCc1ccc(CCC(=O)NCc2ccccc2F)cc1. The van der Waals surface area contributed by atoms with Crippen LogP contribution < -0.4 is 5.32 Å². The fraction of sp³-hybridized carbons (Fsp3) is 0.278. The predicted octanol–water partition coefficient (Wildman–Crippen LogP) is 3.64. The number of hydrogen-bond acceptors (Lipinski definition) is 1. The molecule has 0 bridgehead atoms. The van der Waals surface area contributed by atoms with Crippen LogP contribution in [0.15, 0.2) is 48.5 Å². The molecule has 2 aromatic carbocycles. The van der Waals surface area contributed by atoms with Crippen LogP contribution in [0.2, 0.25) is 0 Å². The van der Waals surface area contributed by atoms with Crippen LogP contribution in [0, 0.1) is 5.82 Å². The lowest BCUT2D eigenvalue weighted by molar-refractivity contribution is -0.121. The third-order valence-electron chi connectivity index (χ3n) is 3.51. The smallest absolute Gasteiger partial charge is 0.220 e. The van der Waals surface area contributed by atoms with Crippen molar-refractivity contribution in [3.05, 3.63) is 71.0 Å². The molecular weight excluding hydrogens is 265 g/mol. The van der Waals surface area contributed by atoms with Gasteiger partial charge in [-0.25, -0.2) is 4.39 Å². The van der Waals surface area contributed by atoms with Gasteiger partial charge in [0, 0.05) is 18.5 Å². The molecule has 0 fully saturated rings. The summed E-state index contributed by atoms with van der Waals surface area (Å²) in [6.07, 6.45) is 2.14. The first-order valence-electron chi connectivity index (χ1n) is 7.27. The van der Waals surface area contributed by atoms with Gasteiger partial charge in [-0.1, -0.05) is 49.4 Å². The van der Waals surface area contributed by atoms with Gasteiger partial charge in [0.05, 0.1) is 0 Å². The first-order chi connectivity index (χ1) is 10.2. The van der Waals surface area contributed by atoms with Gasteiger partial charge in [0.15, 0.2) is 0 Å². The number of benzene rings is 2. The number of halogens is 1. The minimum atomic E-state index is -0.284. The molecular formula is C18H20FNO. The summed E-state index contributed by atoms with van der Waals surface area (Å²) >= 11 is 0. The molecule has 0 aliphatic carbocycles. The fourth-order valence-electron chi connectivity index (χ4n) is 2.12. The van der Waals surface area contributed by atoms with Crippen molar-refractivity contribution in [2.75, 3.05) is 0 Å². The minimum absolute atomic E-state index is 0.0576. The number of carbonyl (C=O) groups is 1. The van der Waals surface area contributed by atoms with Gasteiger partial charge in [-0.3, -0.25) is 4.79 Å². The van der Waals surface area contributed by atoms with Crippen LogP contribution in [-0.4, -0.2) is 5.91 Å². The monoisotopic (exact) mass is 285 g/mol. The van der Waals surface area contributed by atoms with Crippen molar-refractivity contribution in [2.24, 2.45) is 0 Å². The zero-order valence-corrected chi connectivity index (χ0v) is 12.2. The summed E-state index contributed by atoms with van der Waals surface area (Å²) in [6, 6.07) is 14.8. The average Bonchev–Trinajstić information content (AvgIpc) is 2.52. The Hall–Kier alpha value is -2.16. The summed E-state index contributed by atoms with van der Waals surface area (Å²) in [5, 5.41) is 2.75. The first kappa shape index (κ1) is 15.2. The summed E-state index contributed by atoms with van der Waals surface area (Å²) < 4.78 is 13.4. The molecule has 0 radical (unpaired) electrons. The highest BCUT2D eigenvalue weighted by atomic mass is 19.1. The quantitative estimate of drug-likeness (QED) is 0.862. The first-order valence-corrected chi connectivity index (χ1v) is 7.27. The van der Waals surface area contributed by atoms with E-state index in [1.54, 1.807) is 18.2 Å². The van der Waals surface area contributed by atoms with E-state index in [0.29, 0.717) is 18.4 Å². The number of nitrogens with one attached hydrogen (secondary N) is 1. The third kappa shape index (κ3) is 4.71. The Morgan fingerprint density at radius 2 is 1.71 bits per heavy atom. The van der Waals surface area contributed by atoms with Crippen LogP contribution in [-0.2, 0) is 24.2 Å². The van der Waals surface area contributed by atoms with Gasteiger partial charge >= 0.3 is 0 Å². The van der Waals surface area contributed by atoms with Crippen molar-refractivity contribution in [1.82, 2.24) is 5.32 Å². The van der Waals surface area contributed by atoms with E-state index in [4.69, 9.17) is 0 Å². The van der Waals surface area contributed by atoms with Crippen molar-refractivity contribution in [3.63, 3.8) is 0 Å². The molecule has 21 heavy (non-hydrogen) atoms. The number of rotatable bonds is 6. The largest absolute Gasteiger partial charge is 0.352 e. The Morgan fingerprint density at radius 1 is 1.05 bits per heavy atom. The summed E-state index contributed by atoms with van der Waals surface area (Å²) in [7, 11) is 0. The third-order valence-corrected chi connectivity index (χ3v) is 3.51. The maximum atomic E-state index is 13.4. The number of aryl methyl sites for hydroxylation is 2. The van der Waals surface area contributed by atoms with E-state index >= 15 is 0 Å². The molecule has 0 saturated heterocycles. The van der Waals surface area contributed by atoms with Crippen molar-refractivity contribution in [3.8, 4) is 0 Å². The maximum Gasteiger partial charge on any atom is 0.220 e. The van der Waals surface area contributed by atoms with Crippen molar-refractivity contribution < 1.29 is 9.18 Å². The zero-order chi connectivity index (χ0) is 15.1. The molecule has 0 spiro atoms. The Labute approximate surface area is 125 Å². The Morgan fingerprint density at radius 3 is 2.38 bits per heavy atom. The number of hydrogen-bond donors (Lipinski definition) is 1. The van der Waals surface area contributed by atoms with Crippen molar-refractivity contribution >= 4 is 5.91 Å². The molecule has 0 unspecified atom stereocenters. The second-order valence-corrected chi connectivity index (χ2v) is 5.04. The second kappa shape index (κ2) is 7.58. The van der Waals surface area contributed by atoms with E-state index in [1.165, 1.54) is 11.6 Å². The molecule has 2 rings (SSSR count). The lowest BCUT2D eigenvalue weighted by Gasteiger charge is -2.07. The summed E-state index contributed by atoms with van der Waals surface area (Å²) in [5.74, 6) is -0.342. The van der Waals surface area contributed by atoms with Gasteiger partial charge in [0.25, 0.3) is 0 Å². The van der Waals surface area contributed by atoms with Crippen LogP contribution in [0.25, 0.3) is 0 Å². The molecule has 1 N–H and O–H groups in total. The van der Waals surface area contributed by atoms with Crippen LogP contribution in [0.4, 0.5) is 4.39 Å². The predicted molar refractivity (Wildman–Crippen MR) is 82.4 cm³/mol. The van der Waals surface area contributed by atoms with E-state index in [1.807, 2.05) is 0 Å². The topological polar surface area (TPSA) is 29.1 Å². The molecule has 0 aliphatic rings. The normalized spacial score (nSPS) is 10.4. The minimum Gasteiger partial charge on any atom is -0.352 e. The van der Waals surface area contributed by atoms with Gasteiger partial charge in [-0.15, -0.1) is 0 Å². The standard InChI is InChI=1S/C18H20FNO/c1-2-14-7-9-15(10-8-14)11-12-18(21)20-13-16-5-3-4-6-17(16)19/h3-10H,2,11-13H2,1H3,(H,20,21). The van der Waals surface area contributed by atoms with Crippen LogP contribution in [0.1, 0.15) is 30.0 Å². The summed E-state index contributed by atoms with van der Waals surface area (Å²) in [5.41, 5.74) is 2.95. The Bertz CT molecular complexity index is 592. The number of carbonyl (C=O) groups excluding carboxylic acids is 1. The molecule has 0 aromatic heterocycles. The highest BCUT2D eigenvalue weighted by Crippen LogP contribution is 2.08. The Kier molecular flexibility index (Phi) is 5.50. The van der Waals surface area contributed by atoms with Gasteiger partial charge in [0.2, 0.25) is 5.91 Å². The van der Waals surface area contributed by atoms with Crippen molar-refractivity contribution in [1.29, 1.82) is 0 Å². The zero-order valence-electron chi connectivity index (χ0n) is 12.2. The van der Waals surface area contributed by atoms with Gasteiger partial charge in [-0.2, -0.15) is 0 Å². The van der Waals surface area contributed by atoms with Crippen molar-refractivity contribution in [2.45, 2.75) is 32.7 Å². The van der Waals surface area contributed by atoms with Crippen LogP contribution >= 0.6 is 0 Å². The molecule has 110 valence electrons. The molecule has 2 aromatic rings. The van der Waals surface area contributed by atoms with E-state index in [2.05, 4.69) is 36.5 Å². The van der Waals surface area contributed by atoms with Crippen LogP contribution in [0.3, 0.4) is 0 Å². The molecule has 0 heterocycles. The summed E-state index contributed by atoms with van der Waals surface area (Å²) in [6.45, 7) is 2.35. The molecule has 2 nitrogen and oxygen atoms in total.